The average molecular weight is 406 g/mol. The van der Waals surface area contributed by atoms with Crippen LogP contribution in [0.2, 0.25) is 0 Å². The van der Waals surface area contributed by atoms with Crippen molar-refractivity contribution in [3.8, 4) is 0 Å². The van der Waals surface area contributed by atoms with E-state index in [2.05, 4.69) is 0 Å². The molecule has 1 fully saturated rings. The van der Waals surface area contributed by atoms with E-state index >= 15 is 0 Å². The van der Waals surface area contributed by atoms with Crippen LogP contribution in [-0.4, -0.2) is 65.5 Å². The van der Waals surface area contributed by atoms with Crippen LogP contribution in [0.3, 0.4) is 0 Å². The maximum atomic E-state index is 11.6. The van der Waals surface area contributed by atoms with Crippen LogP contribution in [0.4, 0.5) is 0 Å². The Kier molecular flexibility index (Phi) is 8.70. The number of hydrogen-bond acceptors (Lipinski definition) is 11. The van der Waals surface area contributed by atoms with Gasteiger partial charge in [0.2, 0.25) is 0 Å². The summed E-state index contributed by atoms with van der Waals surface area (Å²) in [6, 6.07) is 0. The summed E-state index contributed by atoms with van der Waals surface area (Å²) in [6.07, 6.45) is -4.76. The summed E-state index contributed by atoms with van der Waals surface area (Å²) in [5, 5.41) is -0.351. The molecular weight excluding hydrogens is 384 g/mol. The van der Waals surface area contributed by atoms with Crippen molar-refractivity contribution in [1.82, 2.24) is 0 Å². The van der Waals surface area contributed by atoms with E-state index in [1.54, 1.807) is 0 Å². The fourth-order valence-corrected chi connectivity index (χ4v) is 3.32. The van der Waals surface area contributed by atoms with Gasteiger partial charge in [-0.2, -0.15) is 0 Å². The van der Waals surface area contributed by atoms with E-state index in [4.69, 9.17) is 23.7 Å². The largest absolute Gasteiger partial charge is 0.463 e. The summed E-state index contributed by atoms with van der Waals surface area (Å²) in [4.78, 5) is 57.3. The Hall–Kier alpha value is -2.14. The molecule has 152 valence electrons. The van der Waals surface area contributed by atoms with Crippen molar-refractivity contribution in [3.63, 3.8) is 0 Å². The van der Waals surface area contributed by atoms with Gasteiger partial charge in [0.15, 0.2) is 28.9 Å². The number of carbonyl (C=O) groups is 5. The maximum Gasteiger partial charge on any atom is 0.303 e. The second kappa shape index (κ2) is 10.3. The lowest BCUT2D eigenvalue weighted by molar-refractivity contribution is -0.237. The van der Waals surface area contributed by atoms with Gasteiger partial charge in [0.05, 0.1) is 0 Å². The molecule has 0 radical (unpaired) electrons. The molecule has 0 bridgehead atoms. The molecule has 0 amide bonds. The normalized spacial score (nSPS) is 27.2. The van der Waals surface area contributed by atoms with Crippen molar-refractivity contribution in [2.24, 2.45) is 0 Å². The van der Waals surface area contributed by atoms with Gasteiger partial charge in [0.25, 0.3) is 0 Å². The fourth-order valence-electron chi connectivity index (χ4n) is 2.45. The number of ether oxygens (including phenoxy) is 5. The molecule has 2 unspecified atom stereocenters. The third kappa shape index (κ3) is 7.55. The van der Waals surface area contributed by atoms with Crippen molar-refractivity contribution >= 4 is 40.8 Å². The molecule has 1 rings (SSSR count). The highest BCUT2D eigenvalue weighted by Crippen LogP contribution is 2.34. The lowest BCUT2D eigenvalue weighted by Crippen LogP contribution is -2.61. The van der Waals surface area contributed by atoms with E-state index in [-0.39, 0.29) is 11.7 Å². The van der Waals surface area contributed by atoms with E-state index in [1.165, 1.54) is 13.8 Å². The number of rotatable bonds is 6. The highest BCUT2D eigenvalue weighted by atomic mass is 32.2. The van der Waals surface area contributed by atoms with Gasteiger partial charge < -0.3 is 23.7 Å². The Balaban J connectivity index is 3.29. The summed E-state index contributed by atoms with van der Waals surface area (Å²) in [6.45, 7) is 5.51. The first-order valence-corrected chi connectivity index (χ1v) is 8.87. The average Bonchev–Trinajstić information content (AvgIpc) is 2.49. The molecule has 0 aromatic carbocycles. The molecular formula is C16H22O10S. The highest BCUT2D eigenvalue weighted by Gasteiger charge is 2.52. The summed E-state index contributed by atoms with van der Waals surface area (Å²) in [7, 11) is 0. The molecule has 1 aliphatic heterocycles. The molecule has 0 saturated carbocycles. The van der Waals surface area contributed by atoms with Crippen molar-refractivity contribution in [3.05, 3.63) is 0 Å². The van der Waals surface area contributed by atoms with Crippen LogP contribution in [0.5, 0.6) is 0 Å². The SMILES string of the molecule is CC(=O)OCC1O[C@@H](SC(C)=O)C(OC(C)=O)[C@@H](OC(C)=O)[C@H]1OC(C)=O. The van der Waals surface area contributed by atoms with Gasteiger partial charge in [-0.15, -0.1) is 0 Å². The van der Waals surface area contributed by atoms with Gasteiger partial charge in [-0.3, -0.25) is 24.0 Å². The molecule has 0 N–H and O–H groups in total. The standard InChI is InChI=1S/C16H22O10S/c1-7(17)22-6-12-13(23-8(2)18)14(24-9(3)19)15(25-10(4)20)16(26-12)27-11(5)21/h12-16H,6H2,1-5H3/t12?,13-,14-,15?,16-/m0/s1. The van der Waals surface area contributed by atoms with Gasteiger partial charge in [-0.05, 0) is 0 Å². The summed E-state index contributed by atoms with van der Waals surface area (Å²) < 4.78 is 26.2. The molecule has 1 heterocycles. The van der Waals surface area contributed by atoms with E-state index in [0.717, 1.165) is 20.8 Å². The third-order valence-electron chi connectivity index (χ3n) is 3.23. The third-order valence-corrected chi connectivity index (χ3v) is 4.17. The second-order valence-electron chi connectivity index (χ2n) is 5.68. The van der Waals surface area contributed by atoms with Crippen LogP contribution in [0.15, 0.2) is 0 Å². The summed E-state index contributed by atoms with van der Waals surface area (Å²) in [5.74, 6) is -2.76. The van der Waals surface area contributed by atoms with Crippen molar-refractivity contribution < 1.29 is 47.7 Å². The van der Waals surface area contributed by atoms with Crippen LogP contribution < -0.4 is 0 Å². The molecule has 10 nitrogen and oxygen atoms in total. The van der Waals surface area contributed by atoms with Gasteiger partial charge >= 0.3 is 23.9 Å². The first-order chi connectivity index (χ1) is 12.5. The van der Waals surface area contributed by atoms with E-state index in [0.29, 0.717) is 11.8 Å². The number of hydrogen-bond donors (Lipinski definition) is 0. The molecule has 1 saturated heterocycles. The molecule has 11 heteroatoms. The van der Waals surface area contributed by atoms with Crippen molar-refractivity contribution in [2.75, 3.05) is 6.61 Å². The van der Waals surface area contributed by atoms with Gasteiger partial charge in [0.1, 0.15) is 12.7 Å². The minimum atomic E-state index is -1.26. The van der Waals surface area contributed by atoms with E-state index in [9.17, 15) is 24.0 Å². The van der Waals surface area contributed by atoms with Crippen molar-refractivity contribution in [1.29, 1.82) is 0 Å². The van der Waals surface area contributed by atoms with Gasteiger partial charge in [0, 0.05) is 34.6 Å². The molecule has 27 heavy (non-hydrogen) atoms. The Morgan fingerprint density at radius 3 is 1.67 bits per heavy atom. The predicted octanol–water partition coefficient (Wildman–Crippen LogP) is 0.349. The second-order valence-corrected chi connectivity index (χ2v) is 6.95. The van der Waals surface area contributed by atoms with Crippen LogP contribution in [0.25, 0.3) is 0 Å². The Bertz CT molecular complexity index is 604. The smallest absolute Gasteiger partial charge is 0.303 e. The predicted molar refractivity (Wildman–Crippen MR) is 90.2 cm³/mol. The quantitative estimate of drug-likeness (QED) is 0.447. The number of esters is 4. The zero-order chi connectivity index (χ0) is 20.7. The number of carbonyl (C=O) groups excluding carboxylic acids is 5. The van der Waals surface area contributed by atoms with Gasteiger partial charge in [-0.25, -0.2) is 0 Å². The Morgan fingerprint density at radius 1 is 0.741 bits per heavy atom. The van der Waals surface area contributed by atoms with Crippen LogP contribution in [0.1, 0.15) is 34.6 Å². The Labute approximate surface area is 160 Å². The summed E-state index contributed by atoms with van der Waals surface area (Å²) in [5.41, 5.74) is -1.07. The minimum absolute atomic E-state index is 0.327. The maximum absolute atomic E-state index is 11.6. The molecule has 5 atom stereocenters. The number of thioether (sulfide) groups is 1. The van der Waals surface area contributed by atoms with Crippen LogP contribution >= 0.6 is 11.8 Å². The monoisotopic (exact) mass is 406 g/mol. The highest BCUT2D eigenvalue weighted by molar-refractivity contribution is 8.14. The summed E-state index contributed by atoms with van der Waals surface area (Å²) >= 11 is 0.705. The lowest BCUT2D eigenvalue weighted by atomic mass is 9.99. The zero-order valence-corrected chi connectivity index (χ0v) is 16.4. The molecule has 1 aliphatic rings. The topological polar surface area (TPSA) is 132 Å². The zero-order valence-electron chi connectivity index (χ0n) is 15.6. The molecule has 0 aliphatic carbocycles. The van der Waals surface area contributed by atoms with Crippen molar-refractivity contribution in [2.45, 2.75) is 64.5 Å². The van der Waals surface area contributed by atoms with Crippen LogP contribution in [0, 0.1) is 0 Å². The Morgan fingerprint density at radius 2 is 1.22 bits per heavy atom. The first-order valence-electron chi connectivity index (χ1n) is 7.99. The van der Waals surface area contributed by atoms with E-state index < -0.39 is 53.7 Å². The fraction of sp³-hybridized carbons (Fsp3) is 0.688. The lowest BCUT2D eigenvalue weighted by Gasteiger charge is -2.43. The van der Waals surface area contributed by atoms with Crippen LogP contribution in [-0.2, 0) is 47.7 Å². The molecule has 0 spiro atoms. The molecule has 0 aromatic heterocycles. The van der Waals surface area contributed by atoms with E-state index in [1.807, 2.05) is 0 Å². The first kappa shape index (κ1) is 22.9. The van der Waals surface area contributed by atoms with Gasteiger partial charge in [-0.1, -0.05) is 11.8 Å². The minimum Gasteiger partial charge on any atom is -0.463 e. The molecule has 0 aromatic rings.